The van der Waals surface area contributed by atoms with Crippen LogP contribution in [-0.4, -0.2) is 24.1 Å². The number of nitrogens with one attached hydrogen (secondary N) is 3. The summed E-state index contributed by atoms with van der Waals surface area (Å²) < 4.78 is 4.96. The van der Waals surface area contributed by atoms with E-state index in [2.05, 4.69) is 15.6 Å². The van der Waals surface area contributed by atoms with E-state index in [1.807, 2.05) is 18.2 Å². The van der Waals surface area contributed by atoms with Gasteiger partial charge in [0.25, 0.3) is 0 Å². The van der Waals surface area contributed by atoms with Crippen LogP contribution in [0.25, 0.3) is 11.1 Å². The highest BCUT2D eigenvalue weighted by molar-refractivity contribution is 5.76. The van der Waals surface area contributed by atoms with Crippen LogP contribution in [0, 0.1) is 0 Å². The third-order valence-corrected chi connectivity index (χ3v) is 3.13. The maximum absolute atomic E-state index is 11.0. The lowest BCUT2D eigenvalue weighted by Gasteiger charge is -2.24. The third-order valence-electron chi connectivity index (χ3n) is 3.13. The number of benzene rings is 1. The highest BCUT2D eigenvalue weighted by Gasteiger charge is 2.12. The van der Waals surface area contributed by atoms with Crippen molar-refractivity contribution in [3.8, 4) is 0 Å². The number of piperidine rings is 1. The number of hydrogen-bond donors (Lipinski definition) is 3. The molecule has 1 aliphatic heterocycles. The maximum atomic E-state index is 11.0. The molecule has 3 N–H and O–H groups in total. The van der Waals surface area contributed by atoms with E-state index in [0.29, 0.717) is 11.6 Å². The molecule has 17 heavy (non-hydrogen) atoms. The molecule has 1 aromatic carbocycles. The molecule has 90 valence electrons. The van der Waals surface area contributed by atoms with Crippen molar-refractivity contribution >= 4 is 16.8 Å². The molecule has 0 unspecified atom stereocenters. The van der Waals surface area contributed by atoms with E-state index in [1.54, 1.807) is 0 Å². The van der Waals surface area contributed by atoms with Crippen LogP contribution in [0.1, 0.15) is 12.8 Å². The maximum Gasteiger partial charge on any atom is 0.417 e. The Balaban J connectivity index is 1.82. The number of fused-ring (bicyclic) bond motifs is 1. The molecule has 0 radical (unpaired) electrons. The summed E-state index contributed by atoms with van der Waals surface area (Å²) >= 11 is 0. The Labute approximate surface area is 98.2 Å². The van der Waals surface area contributed by atoms with Crippen LogP contribution in [-0.2, 0) is 0 Å². The van der Waals surface area contributed by atoms with Crippen LogP contribution in [0.15, 0.2) is 27.4 Å². The highest BCUT2D eigenvalue weighted by atomic mass is 16.4. The third kappa shape index (κ3) is 2.19. The van der Waals surface area contributed by atoms with Gasteiger partial charge in [-0.2, -0.15) is 0 Å². The van der Waals surface area contributed by atoms with Crippen molar-refractivity contribution in [3.63, 3.8) is 0 Å². The number of H-pyrrole nitrogens is 1. The first kappa shape index (κ1) is 10.4. The smallest absolute Gasteiger partial charge is 0.408 e. The van der Waals surface area contributed by atoms with Gasteiger partial charge in [-0.25, -0.2) is 4.79 Å². The molecule has 2 aromatic rings. The predicted molar refractivity (Wildman–Crippen MR) is 66.3 cm³/mol. The van der Waals surface area contributed by atoms with Gasteiger partial charge in [0.05, 0.1) is 5.52 Å². The molecular weight excluding hydrogens is 218 g/mol. The predicted octanol–water partition coefficient (Wildman–Crippen LogP) is 1.28. The number of rotatable bonds is 2. The number of aromatic nitrogens is 1. The van der Waals surface area contributed by atoms with Crippen LogP contribution in [0.3, 0.4) is 0 Å². The topological polar surface area (TPSA) is 70.1 Å². The summed E-state index contributed by atoms with van der Waals surface area (Å²) in [6, 6.07) is 6.19. The van der Waals surface area contributed by atoms with Gasteiger partial charge < -0.3 is 15.1 Å². The van der Waals surface area contributed by atoms with Gasteiger partial charge in [-0.3, -0.25) is 4.98 Å². The van der Waals surface area contributed by atoms with Crippen molar-refractivity contribution in [2.45, 2.75) is 18.9 Å². The Bertz CT molecular complexity index is 566. The number of aromatic amines is 1. The molecule has 3 rings (SSSR count). The van der Waals surface area contributed by atoms with Crippen LogP contribution >= 0.6 is 0 Å². The van der Waals surface area contributed by atoms with Gasteiger partial charge in [-0.05, 0) is 44.1 Å². The summed E-state index contributed by atoms with van der Waals surface area (Å²) in [4.78, 5) is 13.7. The van der Waals surface area contributed by atoms with Gasteiger partial charge in [0.2, 0.25) is 0 Å². The fraction of sp³-hybridized carbons (Fsp3) is 0.417. The molecule has 0 bridgehead atoms. The molecular formula is C12H15N3O2. The Hall–Kier alpha value is -1.75. The number of hydrogen-bond acceptors (Lipinski definition) is 4. The molecule has 5 nitrogen and oxygen atoms in total. The zero-order valence-corrected chi connectivity index (χ0v) is 9.45. The highest BCUT2D eigenvalue weighted by Crippen LogP contribution is 2.18. The molecule has 1 saturated heterocycles. The molecule has 2 heterocycles. The monoisotopic (exact) mass is 233 g/mol. The quantitative estimate of drug-likeness (QED) is 0.731. The lowest BCUT2D eigenvalue weighted by molar-refractivity contribution is 0.479. The molecule has 0 aliphatic carbocycles. The zero-order chi connectivity index (χ0) is 11.7. The van der Waals surface area contributed by atoms with Gasteiger partial charge in [-0.15, -0.1) is 0 Å². The molecule has 1 aliphatic rings. The average Bonchev–Trinajstić information content (AvgIpc) is 2.70. The largest absolute Gasteiger partial charge is 0.417 e. The summed E-state index contributed by atoms with van der Waals surface area (Å²) in [6.45, 7) is 2.12. The van der Waals surface area contributed by atoms with Crippen LogP contribution < -0.4 is 16.4 Å². The number of anilines is 1. The first-order valence-corrected chi connectivity index (χ1v) is 5.91. The SMILES string of the molecule is O=c1[nH]c2cc(NC3CCNCC3)ccc2o1. The fourth-order valence-corrected chi connectivity index (χ4v) is 2.24. The second-order valence-electron chi connectivity index (χ2n) is 4.39. The summed E-state index contributed by atoms with van der Waals surface area (Å²) in [5, 5.41) is 6.81. The normalized spacial score (nSPS) is 17.4. The summed E-state index contributed by atoms with van der Waals surface area (Å²) in [5.41, 5.74) is 2.38. The molecule has 1 fully saturated rings. The van der Waals surface area contributed by atoms with E-state index in [4.69, 9.17) is 4.42 Å². The van der Waals surface area contributed by atoms with Crippen molar-refractivity contribution in [2.24, 2.45) is 0 Å². The van der Waals surface area contributed by atoms with Gasteiger partial charge in [0.1, 0.15) is 0 Å². The zero-order valence-electron chi connectivity index (χ0n) is 9.45. The van der Waals surface area contributed by atoms with Crippen molar-refractivity contribution in [1.29, 1.82) is 0 Å². The van der Waals surface area contributed by atoms with E-state index in [-0.39, 0.29) is 0 Å². The molecule has 0 atom stereocenters. The number of oxazole rings is 1. The van der Waals surface area contributed by atoms with Crippen LogP contribution in [0.4, 0.5) is 5.69 Å². The van der Waals surface area contributed by atoms with Gasteiger partial charge in [0, 0.05) is 11.7 Å². The lowest BCUT2D eigenvalue weighted by atomic mass is 10.1. The van der Waals surface area contributed by atoms with Gasteiger partial charge in [-0.1, -0.05) is 0 Å². The second-order valence-corrected chi connectivity index (χ2v) is 4.39. The van der Waals surface area contributed by atoms with Crippen molar-refractivity contribution in [3.05, 3.63) is 28.7 Å². The molecule has 0 amide bonds. The Kier molecular flexibility index (Phi) is 2.60. The minimum atomic E-state index is -0.404. The Morgan fingerprint density at radius 1 is 1.29 bits per heavy atom. The van der Waals surface area contributed by atoms with E-state index in [0.717, 1.165) is 37.1 Å². The van der Waals surface area contributed by atoms with E-state index in [9.17, 15) is 4.79 Å². The molecule has 5 heteroatoms. The van der Waals surface area contributed by atoms with Crippen LogP contribution in [0.5, 0.6) is 0 Å². The standard InChI is InChI=1S/C12H15N3O2/c16-12-15-10-7-9(1-2-11(10)17-12)14-8-3-5-13-6-4-8/h1-2,7-8,13-14H,3-6H2,(H,15,16). The summed E-state index contributed by atoms with van der Waals surface area (Å²) in [7, 11) is 0. The minimum Gasteiger partial charge on any atom is -0.408 e. The first-order valence-electron chi connectivity index (χ1n) is 5.91. The molecule has 1 aromatic heterocycles. The first-order chi connectivity index (χ1) is 8.31. The molecule has 0 spiro atoms. The van der Waals surface area contributed by atoms with Gasteiger partial charge >= 0.3 is 5.76 Å². The van der Waals surface area contributed by atoms with E-state index < -0.39 is 5.76 Å². The fourth-order valence-electron chi connectivity index (χ4n) is 2.24. The second kappa shape index (κ2) is 4.25. The van der Waals surface area contributed by atoms with Crippen molar-refractivity contribution < 1.29 is 4.42 Å². The summed E-state index contributed by atoms with van der Waals surface area (Å²) in [6.07, 6.45) is 2.25. The Morgan fingerprint density at radius 3 is 2.94 bits per heavy atom. The van der Waals surface area contributed by atoms with E-state index >= 15 is 0 Å². The van der Waals surface area contributed by atoms with Crippen molar-refractivity contribution in [2.75, 3.05) is 18.4 Å². The average molecular weight is 233 g/mol. The summed E-state index contributed by atoms with van der Waals surface area (Å²) in [5.74, 6) is -0.404. The lowest BCUT2D eigenvalue weighted by Crippen LogP contribution is -2.35. The van der Waals surface area contributed by atoms with Crippen LogP contribution in [0.2, 0.25) is 0 Å². The van der Waals surface area contributed by atoms with Crippen molar-refractivity contribution in [1.82, 2.24) is 10.3 Å². The molecule has 0 saturated carbocycles. The minimum absolute atomic E-state index is 0.404. The Morgan fingerprint density at radius 2 is 2.12 bits per heavy atom. The van der Waals surface area contributed by atoms with Gasteiger partial charge in [0.15, 0.2) is 5.58 Å². The van der Waals surface area contributed by atoms with E-state index in [1.165, 1.54) is 0 Å².